The molecule has 1 aliphatic rings. The fraction of sp³-hybridized carbons (Fsp3) is 0.400. The van der Waals surface area contributed by atoms with Crippen LogP contribution < -0.4 is 4.90 Å². The van der Waals surface area contributed by atoms with Crippen molar-refractivity contribution in [1.29, 1.82) is 0 Å². The van der Waals surface area contributed by atoms with Gasteiger partial charge in [0.05, 0.1) is 11.9 Å². The summed E-state index contributed by atoms with van der Waals surface area (Å²) in [5, 5.41) is 4.24. The average Bonchev–Trinajstić information content (AvgIpc) is 2.81. The Hall–Kier alpha value is -1.36. The molecule has 1 atom stereocenters. The zero-order valence-electron chi connectivity index (χ0n) is 8.48. The maximum absolute atomic E-state index is 13.1. The lowest BCUT2D eigenvalue weighted by Crippen LogP contribution is -2.20. The number of alkyl halides is 1. The highest BCUT2D eigenvalue weighted by Gasteiger charge is 2.22. The monoisotopic (exact) mass is 240 g/mol. The molecule has 4 nitrogen and oxygen atoms in total. The van der Waals surface area contributed by atoms with Crippen molar-refractivity contribution >= 4 is 22.9 Å². The van der Waals surface area contributed by atoms with Gasteiger partial charge in [0, 0.05) is 13.1 Å². The van der Waals surface area contributed by atoms with Crippen LogP contribution in [0, 0.1) is 0 Å². The molecule has 16 heavy (non-hydrogen) atoms. The number of rotatable bonds is 1. The molecule has 0 spiro atoms. The summed E-state index contributed by atoms with van der Waals surface area (Å²) in [6.07, 6.45) is 1.69. The highest BCUT2D eigenvalue weighted by molar-refractivity contribution is 6.28. The van der Waals surface area contributed by atoms with Crippen molar-refractivity contribution in [3.05, 3.63) is 23.6 Å². The van der Waals surface area contributed by atoms with Crippen molar-refractivity contribution in [3.63, 3.8) is 0 Å². The first-order valence-electron chi connectivity index (χ1n) is 5.13. The summed E-state index contributed by atoms with van der Waals surface area (Å²) in [4.78, 5) is 6.02. The molecule has 0 aromatic carbocycles. The van der Waals surface area contributed by atoms with Crippen LogP contribution in [-0.2, 0) is 0 Å². The molecule has 1 aliphatic heterocycles. The number of hydrogen-bond acceptors (Lipinski definition) is 3. The highest BCUT2D eigenvalue weighted by atomic mass is 35.5. The van der Waals surface area contributed by atoms with Crippen molar-refractivity contribution in [3.8, 4) is 0 Å². The number of halogens is 2. The van der Waals surface area contributed by atoms with E-state index >= 15 is 0 Å². The summed E-state index contributed by atoms with van der Waals surface area (Å²) < 4.78 is 14.7. The molecule has 0 N–H and O–H groups in total. The molecule has 0 bridgehead atoms. The second-order valence-corrected chi connectivity index (χ2v) is 4.24. The molecule has 3 rings (SSSR count). The van der Waals surface area contributed by atoms with E-state index in [-0.39, 0.29) is 5.28 Å². The van der Waals surface area contributed by atoms with Crippen molar-refractivity contribution in [1.82, 2.24) is 14.6 Å². The third-order valence-corrected chi connectivity index (χ3v) is 2.95. The lowest BCUT2D eigenvalue weighted by atomic mass is 10.3. The van der Waals surface area contributed by atoms with E-state index in [0.717, 1.165) is 12.2 Å². The first kappa shape index (κ1) is 9.84. The van der Waals surface area contributed by atoms with Gasteiger partial charge >= 0.3 is 0 Å². The second kappa shape index (κ2) is 3.59. The lowest BCUT2D eigenvalue weighted by Gasteiger charge is -2.16. The van der Waals surface area contributed by atoms with Gasteiger partial charge in [-0.15, -0.1) is 5.10 Å². The maximum atomic E-state index is 13.1. The largest absolute Gasteiger partial charge is 0.367 e. The highest BCUT2D eigenvalue weighted by Crippen LogP contribution is 2.22. The van der Waals surface area contributed by atoms with Crippen LogP contribution in [0.25, 0.3) is 5.65 Å². The SMILES string of the molecule is FC1CCN(c2ccc3nc(Cl)nn3c2)C1. The molecule has 1 unspecified atom stereocenters. The van der Waals surface area contributed by atoms with Gasteiger partial charge in [0.15, 0.2) is 5.65 Å². The van der Waals surface area contributed by atoms with Gasteiger partial charge in [0.1, 0.15) is 6.17 Å². The second-order valence-electron chi connectivity index (χ2n) is 3.90. The van der Waals surface area contributed by atoms with Crippen LogP contribution in [0.15, 0.2) is 18.3 Å². The molecule has 6 heteroatoms. The molecular weight excluding hydrogens is 231 g/mol. The summed E-state index contributed by atoms with van der Waals surface area (Å²) in [6, 6.07) is 3.75. The number of fused-ring (bicyclic) bond motifs is 1. The van der Waals surface area contributed by atoms with Crippen LogP contribution in [0.5, 0.6) is 0 Å². The van der Waals surface area contributed by atoms with Crippen LogP contribution in [0.1, 0.15) is 6.42 Å². The summed E-state index contributed by atoms with van der Waals surface area (Å²) in [6.45, 7) is 1.20. The van der Waals surface area contributed by atoms with E-state index in [0.29, 0.717) is 18.6 Å². The van der Waals surface area contributed by atoms with Crippen LogP contribution in [0.3, 0.4) is 0 Å². The number of aromatic nitrogens is 3. The van der Waals surface area contributed by atoms with Crippen molar-refractivity contribution in [2.24, 2.45) is 0 Å². The minimum atomic E-state index is -0.727. The van der Waals surface area contributed by atoms with Gasteiger partial charge in [0.25, 0.3) is 0 Å². The first-order valence-corrected chi connectivity index (χ1v) is 5.51. The Morgan fingerprint density at radius 1 is 1.44 bits per heavy atom. The lowest BCUT2D eigenvalue weighted by molar-refractivity contribution is 0.364. The van der Waals surface area contributed by atoms with Gasteiger partial charge < -0.3 is 4.90 Å². The Morgan fingerprint density at radius 3 is 3.06 bits per heavy atom. The molecule has 0 aliphatic carbocycles. The Labute approximate surface area is 96.6 Å². The van der Waals surface area contributed by atoms with E-state index in [4.69, 9.17) is 11.6 Å². The van der Waals surface area contributed by atoms with Crippen molar-refractivity contribution in [2.45, 2.75) is 12.6 Å². The first-order chi connectivity index (χ1) is 7.72. The standard InChI is InChI=1S/C10H10ClFN4/c11-10-13-9-2-1-8(6-16(9)14-10)15-4-3-7(12)5-15/h1-2,6-7H,3-5H2. The molecule has 1 fully saturated rings. The zero-order valence-corrected chi connectivity index (χ0v) is 9.23. The van der Waals surface area contributed by atoms with Gasteiger partial charge in [-0.2, -0.15) is 4.98 Å². The van der Waals surface area contributed by atoms with Crippen LogP contribution in [0.4, 0.5) is 10.1 Å². The minimum absolute atomic E-state index is 0.224. The van der Waals surface area contributed by atoms with E-state index in [1.54, 1.807) is 4.52 Å². The number of anilines is 1. The van der Waals surface area contributed by atoms with Crippen LogP contribution in [-0.4, -0.2) is 33.9 Å². The predicted octanol–water partition coefficient (Wildman–Crippen LogP) is 1.93. The maximum Gasteiger partial charge on any atom is 0.243 e. The van der Waals surface area contributed by atoms with E-state index in [1.165, 1.54) is 0 Å². The summed E-state index contributed by atoms with van der Waals surface area (Å²) in [5.41, 5.74) is 1.65. The molecule has 84 valence electrons. The number of nitrogens with zero attached hydrogens (tertiary/aromatic N) is 4. The molecular formula is C10H10ClFN4. The van der Waals surface area contributed by atoms with Gasteiger partial charge in [0.2, 0.25) is 5.28 Å². The number of pyridine rings is 1. The molecule has 1 saturated heterocycles. The molecule has 2 aromatic heterocycles. The average molecular weight is 241 g/mol. The van der Waals surface area contributed by atoms with Crippen molar-refractivity contribution < 1.29 is 4.39 Å². The smallest absolute Gasteiger partial charge is 0.243 e. The van der Waals surface area contributed by atoms with E-state index < -0.39 is 6.17 Å². The number of hydrogen-bond donors (Lipinski definition) is 0. The topological polar surface area (TPSA) is 33.4 Å². The quantitative estimate of drug-likeness (QED) is 0.764. The van der Waals surface area contributed by atoms with Gasteiger partial charge in [-0.1, -0.05) is 0 Å². The van der Waals surface area contributed by atoms with Crippen LogP contribution in [0.2, 0.25) is 5.28 Å². The fourth-order valence-electron chi connectivity index (χ4n) is 1.98. The predicted molar refractivity (Wildman–Crippen MR) is 59.7 cm³/mol. The molecule has 0 radical (unpaired) electrons. The van der Waals surface area contributed by atoms with Crippen LogP contribution >= 0.6 is 11.6 Å². The Kier molecular flexibility index (Phi) is 2.21. The molecule has 2 aromatic rings. The Morgan fingerprint density at radius 2 is 2.31 bits per heavy atom. The third-order valence-electron chi connectivity index (χ3n) is 2.79. The van der Waals surface area contributed by atoms with E-state index in [2.05, 4.69) is 10.1 Å². The zero-order chi connectivity index (χ0) is 11.1. The fourth-order valence-corrected chi connectivity index (χ4v) is 2.15. The summed E-state index contributed by atoms with van der Waals surface area (Å²) in [5.74, 6) is 0. The Balaban J connectivity index is 1.98. The minimum Gasteiger partial charge on any atom is -0.367 e. The molecule has 0 amide bonds. The molecule has 0 saturated carbocycles. The summed E-state index contributed by atoms with van der Waals surface area (Å²) in [7, 11) is 0. The van der Waals surface area contributed by atoms with E-state index in [1.807, 2.05) is 23.2 Å². The van der Waals surface area contributed by atoms with E-state index in [9.17, 15) is 4.39 Å². The Bertz CT molecular complexity index is 527. The summed E-state index contributed by atoms with van der Waals surface area (Å²) >= 11 is 5.70. The third kappa shape index (κ3) is 1.61. The van der Waals surface area contributed by atoms with Gasteiger partial charge in [-0.05, 0) is 30.2 Å². The molecule has 3 heterocycles. The van der Waals surface area contributed by atoms with Gasteiger partial charge in [-0.3, -0.25) is 0 Å². The van der Waals surface area contributed by atoms with Crippen molar-refractivity contribution in [2.75, 3.05) is 18.0 Å². The van der Waals surface area contributed by atoms with Gasteiger partial charge in [-0.25, -0.2) is 8.91 Å². The normalized spacial score (nSPS) is 20.9.